The van der Waals surface area contributed by atoms with Crippen LogP contribution < -0.4 is 10.1 Å². The first-order valence-electron chi connectivity index (χ1n) is 6.24. The molecule has 114 valence electrons. The molecule has 0 aliphatic carbocycles. The van der Waals surface area contributed by atoms with Crippen molar-refractivity contribution in [1.82, 2.24) is 5.32 Å². The molecule has 0 amide bonds. The number of hydrogen-bond acceptors (Lipinski definition) is 3. The number of ether oxygens (including phenoxy) is 1. The van der Waals surface area contributed by atoms with Gasteiger partial charge in [0.25, 0.3) is 0 Å². The number of nitrogens with one attached hydrogen (secondary N) is 1. The van der Waals surface area contributed by atoms with Gasteiger partial charge >= 0.3 is 6.36 Å². The monoisotopic (exact) mass is 379 g/mol. The molecule has 7 heteroatoms. The Labute approximate surface area is 133 Å². The van der Waals surface area contributed by atoms with E-state index in [1.54, 1.807) is 12.1 Å². The minimum Gasteiger partial charge on any atom is -0.405 e. The van der Waals surface area contributed by atoms with Crippen LogP contribution in [0, 0.1) is 0 Å². The first-order chi connectivity index (χ1) is 9.90. The summed E-state index contributed by atoms with van der Waals surface area (Å²) in [5.74, 6) is -0.180. The summed E-state index contributed by atoms with van der Waals surface area (Å²) in [6, 6.07) is 9.61. The van der Waals surface area contributed by atoms with E-state index in [2.05, 4.69) is 26.0 Å². The van der Waals surface area contributed by atoms with Crippen LogP contribution in [-0.2, 0) is 0 Å². The highest BCUT2D eigenvalue weighted by Crippen LogP contribution is 2.37. The normalized spacial score (nSPS) is 13.2. The Kier molecular flexibility index (Phi) is 5.29. The number of thiophene rings is 1. The molecule has 2 rings (SSSR count). The van der Waals surface area contributed by atoms with Gasteiger partial charge in [0.2, 0.25) is 0 Å². The zero-order valence-electron chi connectivity index (χ0n) is 11.1. The Balaban J connectivity index is 2.41. The second-order valence-corrected chi connectivity index (χ2v) is 6.71. The van der Waals surface area contributed by atoms with Crippen molar-refractivity contribution >= 4 is 27.3 Å². The van der Waals surface area contributed by atoms with E-state index in [-0.39, 0.29) is 11.8 Å². The number of para-hydroxylation sites is 1. The van der Waals surface area contributed by atoms with Crippen molar-refractivity contribution in [2.24, 2.45) is 0 Å². The Hall–Kier alpha value is -1.05. The van der Waals surface area contributed by atoms with Gasteiger partial charge in [0.1, 0.15) is 5.75 Å². The quantitative estimate of drug-likeness (QED) is 0.779. The minimum absolute atomic E-state index is 0.180. The van der Waals surface area contributed by atoms with Gasteiger partial charge in [-0.2, -0.15) is 0 Å². The Morgan fingerprint density at radius 2 is 1.95 bits per heavy atom. The Morgan fingerprint density at radius 3 is 2.52 bits per heavy atom. The summed E-state index contributed by atoms with van der Waals surface area (Å²) in [5.41, 5.74) is 0.464. The molecule has 21 heavy (non-hydrogen) atoms. The fourth-order valence-corrected chi connectivity index (χ4v) is 3.51. The average molecular weight is 380 g/mol. The minimum atomic E-state index is -4.71. The van der Waals surface area contributed by atoms with Crippen molar-refractivity contribution in [2.75, 3.05) is 6.54 Å². The van der Waals surface area contributed by atoms with Crippen LogP contribution in [0.3, 0.4) is 0 Å². The van der Waals surface area contributed by atoms with Crippen LogP contribution in [0.2, 0.25) is 0 Å². The van der Waals surface area contributed by atoms with Gasteiger partial charge in [-0.15, -0.1) is 24.5 Å². The lowest BCUT2D eigenvalue weighted by molar-refractivity contribution is -0.275. The van der Waals surface area contributed by atoms with Crippen LogP contribution in [0.25, 0.3) is 0 Å². The fraction of sp³-hybridized carbons (Fsp3) is 0.286. The van der Waals surface area contributed by atoms with E-state index >= 15 is 0 Å². The lowest BCUT2D eigenvalue weighted by atomic mass is 10.0. The summed E-state index contributed by atoms with van der Waals surface area (Å²) in [4.78, 5) is 0.918. The summed E-state index contributed by atoms with van der Waals surface area (Å²) in [5, 5.41) is 3.20. The second kappa shape index (κ2) is 6.81. The molecule has 0 radical (unpaired) electrons. The molecule has 1 N–H and O–H groups in total. The van der Waals surface area contributed by atoms with Crippen molar-refractivity contribution in [1.29, 1.82) is 0 Å². The standard InChI is InChI=1S/C14H13BrF3NOS/c1-2-19-13(11-7-8-12(15)21-11)9-5-3-4-6-10(9)20-14(16,17)18/h3-8,13,19H,2H2,1H3. The molecule has 1 unspecified atom stereocenters. The maximum Gasteiger partial charge on any atom is 0.573 e. The third-order valence-electron chi connectivity index (χ3n) is 2.74. The number of halogens is 4. The number of benzene rings is 1. The number of hydrogen-bond donors (Lipinski definition) is 1. The van der Waals surface area contributed by atoms with Crippen LogP contribution in [0.5, 0.6) is 5.75 Å². The van der Waals surface area contributed by atoms with E-state index in [9.17, 15) is 13.2 Å². The molecule has 0 aliphatic heterocycles. The third-order valence-corrected chi connectivity index (χ3v) is 4.43. The summed E-state index contributed by atoms with van der Waals surface area (Å²) >= 11 is 4.85. The molecule has 2 aromatic rings. The predicted octanol–water partition coefficient (Wildman–Crippen LogP) is 5.11. The van der Waals surface area contributed by atoms with E-state index in [4.69, 9.17) is 0 Å². The van der Waals surface area contributed by atoms with Crippen molar-refractivity contribution in [3.8, 4) is 5.75 Å². The Morgan fingerprint density at radius 1 is 1.24 bits per heavy atom. The first-order valence-corrected chi connectivity index (χ1v) is 7.85. The lowest BCUT2D eigenvalue weighted by Gasteiger charge is -2.21. The van der Waals surface area contributed by atoms with Gasteiger partial charge in [-0.3, -0.25) is 0 Å². The topological polar surface area (TPSA) is 21.3 Å². The van der Waals surface area contributed by atoms with E-state index in [1.807, 2.05) is 19.1 Å². The van der Waals surface area contributed by atoms with Crippen molar-refractivity contribution in [2.45, 2.75) is 19.3 Å². The zero-order valence-corrected chi connectivity index (χ0v) is 13.5. The molecule has 0 spiro atoms. The highest BCUT2D eigenvalue weighted by atomic mass is 79.9. The van der Waals surface area contributed by atoms with Gasteiger partial charge < -0.3 is 10.1 Å². The molecule has 0 saturated heterocycles. The van der Waals surface area contributed by atoms with Crippen LogP contribution in [0.4, 0.5) is 13.2 Å². The van der Waals surface area contributed by atoms with Crippen LogP contribution in [0.15, 0.2) is 40.2 Å². The maximum absolute atomic E-state index is 12.5. The van der Waals surface area contributed by atoms with Gasteiger partial charge in [-0.25, -0.2) is 0 Å². The second-order valence-electron chi connectivity index (χ2n) is 4.22. The Bertz CT molecular complexity index is 600. The molecule has 0 bridgehead atoms. The highest BCUT2D eigenvalue weighted by Gasteiger charge is 2.33. The van der Waals surface area contributed by atoms with Crippen molar-refractivity contribution in [3.63, 3.8) is 0 Å². The van der Waals surface area contributed by atoms with Crippen LogP contribution in [0.1, 0.15) is 23.4 Å². The van der Waals surface area contributed by atoms with E-state index in [0.29, 0.717) is 12.1 Å². The first kappa shape index (κ1) is 16.3. The molecule has 1 heterocycles. The van der Waals surface area contributed by atoms with Crippen LogP contribution in [-0.4, -0.2) is 12.9 Å². The van der Waals surface area contributed by atoms with Gasteiger partial charge in [-0.05, 0) is 40.7 Å². The molecule has 2 nitrogen and oxygen atoms in total. The van der Waals surface area contributed by atoms with Gasteiger partial charge in [-0.1, -0.05) is 25.1 Å². The molecule has 0 fully saturated rings. The summed E-state index contributed by atoms with van der Waals surface area (Å²) in [6.45, 7) is 2.53. The number of rotatable bonds is 5. The largest absolute Gasteiger partial charge is 0.573 e. The van der Waals surface area contributed by atoms with Gasteiger partial charge in [0.15, 0.2) is 0 Å². The fourth-order valence-electron chi connectivity index (χ4n) is 1.99. The van der Waals surface area contributed by atoms with Gasteiger partial charge in [0, 0.05) is 10.4 Å². The highest BCUT2D eigenvalue weighted by molar-refractivity contribution is 9.11. The summed E-state index contributed by atoms with van der Waals surface area (Å²) in [7, 11) is 0. The molecule has 1 aromatic heterocycles. The van der Waals surface area contributed by atoms with Crippen LogP contribution >= 0.6 is 27.3 Å². The van der Waals surface area contributed by atoms with E-state index < -0.39 is 6.36 Å². The molecule has 0 saturated carbocycles. The van der Waals surface area contributed by atoms with E-state index in [1.165, 1.54) is 23.5 Å². The third kappa shape index (κ3) is 4.46. The molecule has 1 atom stereocenters. The van der Waals surface area contributed by atoms with Gasteiger partial charge in [0.05, 0.1) is 9.83 Å². The number of alkyl halides is 3. The molecular formula is C14H13BrF3NOS. The SMILES string of the molecule is CCNC(c1ccc(Br)s1)c1ccccc1OC(F)(F)F. The van der Waals surface area contributed by atoms with Crippen molar-refractivity contribution in [3.05, 3.63) is 50.6 Å². The smallest absolute Gasteiger partial charge is 0.405 e. The van der Waals surface area contributed by atoms with E-state index in [0.717, 1.165) is 8.66 Å². The van der Waals surface area contributed by atoms with Crippen molar-refractivity contribution < 1.29 is 17.9 Å². The molecule has 0 aliphatic rings. The summed E-state index contributed by atoms with van der Waals surface area (Å²) < 4.78 is 42.7. The molecule has 1 aromatic carbocycles. The average Bonchev–Trinajstić information content (AvgIpc) is 2.82. The predicted molar refractivity (Wildman–Crippen MR) is 80.7 cm³/mol. The molecular weight excluding hydrogens is 367 g/mol. The lowest BCUT2D eigenvalue weighted by Crippen LogP contribution is -2.24. The zero-order chi connectivity index (χ0) is 15.5. The summed E-state index contributed by atoms with van der Waals surface area (Å²) in [6.07, 6.45) is -4.71. The maximum atomic E-state index is 12.5.